The molecule has 0 spiro atoms. The molecule has 0 aliphatic rings. The number of hydrogen-bond acceptors (Lipinski definition) is 13. The van der Waals surface area contributed by atoms with Crippen LogP contribution in [-0.4, -0.2) is 58.5 Å². The van der Waals surface area contributed by atoms with Gasteiger partial charge in [0.05, 0.1) is 12.2 Å². The van der Waals surface area contributed by atoms with Gasteiger partial charge in [-0.15, -0.1) is 21.9 Å². The summed E-state index contributed by atoms with van der Waals surface area (Å²) in [6, 6.07) is 9.32. The molecule has 0 bridgehead atoms. The summed E-state index contributed by atoms with van der Waals surface area (Å²) in [5, 5.41) is 10.9. The number of alkyl carbamates (subject to hydrolysis) is 1. The molecule has 15 heteroatoms. The van der Waals surface area contributed by atoms with Crippen molar-refractivity contribution in [2.75, 3.05) is 23.8 Å². The van der Waals surface area contributed by atoms with Crippen molar-refractivity contribution < 1.29 is 32.8 Å². The summed E-state index contributed by atoms with van der Waals surface area (Å²) in [5.41, 5.74) is -0.138. The molecule has 0 unspecified atom stereocenters. The van der Waals surface area contributed by atoms with Crippen molar-refractivity contribution in [3.8, 4) is 10.4 Å². The van der Waals surface area contributed by atoms with Gasteiger partial charge in [-0.3, -0.25) is 4.36 Å². The Labute approximate surface area is 268 Å². The normalized spacial score (nSPS) is 13.0. The quantitative estimate of drug-likeness (QED) is 0.114. The summed E-state index contributed by atoms with van der Waals surface area (Å²) in [7, 11) is -1.90. The molecule has 2 aromatic heterocycles. The van der Waals surface area contributed by atoms with Gasteiger partial charge in [0.2, 0.25) is 5.95 Å². The maximum atomic E-state index is 13.0. The van der Waals surface area contributed by atoms with Crippen LogP contribution in [0.2, 0.25) is 0 Å². The smallest absolute Gasteiger partial charge is 0.410 e. The van der Waals surface area contributed by atoms with Crippen molar-refractivity contribution in [3.05, 3.63) is 48.0 Å². The minimum atomic E-state index is -1.90. The second-order valence-corrected chi connectivity index (χ2v) is 13.7. The lowest BCUT2D eigenvalue weighted by Gasteiger charge is -2.26. The molecule has 13 nitrogen and oxygen atoms in total. The van der Waals surface area contributed by atoms with Crippen LogP contribution in [0.25, 0.3) is 10.4 Å². The summed E-state index contributed by atoms with van der Waals surface area (Å²) in [5.74, 6) is 0.192. The maximum Gasteiger partial charge on any atom is 0.410 e. The fourth-order valence-electron chi connectivity index (χ4n) is 3.65. The standard InChI is InChI=1S/C30H39N6O7S2/c1-8-41-28(39)36-45(40)20-13-11-19(12-14-20)33-26-32-18-21(23-10-9-17-44-23)24(35-26)31-16-15-22(25(37)42-29(2,3)4)34-27(38)43-30(5,6)7/h9-14,17-18,22H,8,15-16H2,1-7H3,(H,34,38)(H2,31,32,33,35)/q-1/t22-/m0/s1. The number of hydrogen-bond donors (Lipinski definition) is 3. The summed E-state index contributed by atoms with van der Waals surface area (Å²) in [6.07, 6.45) is 0.237. The summed E-state index contributed by atoms with van der Waals surface area (Å²) >= 11 is 1.52. The minimum Gasteiger partial charge on any atom is -0.458 e. The van der Waals surface area contributed by atoms with Crippen LogP contribution in [0.5, 0.6) is 0 Å². The van der Waals surface area contributed by atoms with Gasteiger partial charge in [-0.25, -0.2) is 19.4 Å². The molecule has 2 amide bonds. The van der Waals surface area contributed by atoms with Crippen molar-refractivity contribution in [1.29, 1.82) is 0 Å². The van der Waals surface area contributed by atoms with E-state index in [0.717, 1.165) is 10.4 Å². The number of ether oxygens (including phenoxy) is 3. The Hall–Kier alpha value is -4.24. The Bertz CT molecular complexity index is 1540. The molecule has 3 N–H and O–H groups in total. The summed E-state index contributed by atoms with van der Waals surface area (Å²) in [6.45, 7) is 12.5. The van der Waals surface area contributed by atoms with Crippen LogP contribution in [0.4, 0.5) is 27.0 Å². The zero-order valence-electron chi connectivity index (χ0n) is 26.3. The molecule has 244 valence electrons. The van der Waals surface area contributed by atoms with E-state index in [1.54, 1.807) is 78.9 Å². The highest BCUT2D eigenvalue weighted by Gasteiger charge is 2.28. The third-order valence-electron chi connectivity index (χ3n) is 5.42. The summed E-state index contributed by atoms with van der Waals surface area (Å²) in [4.78, 5) is 47.3. The third-order valence-corrected chi connectivity index (χ3v) is 7.31. The van der Waals surface area contributed by atoms with E-state index in [0.29, 0.717) is 16.4 Å². The molecule has 1 atom stereocenters. The Morgan fingerprint density at radius 1 is 1.02 bits per heavy atom. The van der Waals surface area contributed by atoms with E-state index in [4.69, 9.17) is 14.2 Å². The van der Waals surface area contributed by atoms with E-state index >= 15 is 0 Å². The number of aromatic nitrogens is 2. The number of anilines is 3. The molecular formula is C30H39N6O7S2-. The molecule has 0 aliphatic heterocycles. The highest BCUT2D eigenvalue weighted by atomic mass is 32.2. The molecule has 2 heterocycles. The number of rotatable bonds is 11. The molecule has 3 aromatic rings. The van der Waals surface area contributed by atoms with Gasteiger partial charge in [0.15, 0.2) is 0 Å². The summed E-state index contributed by atoms with van der Waals surface area (Å²) < 4.78 is 31.4. The van der Waals surface area contributed by atoms with Crippen LogP contribution >= 0.6 is 11.3 Å². The van der Waals surface area contributed by atoms with E-state index in [2.05, 4.69) is 30.3 Å². The number of benzene rings is 1. The Kier molecular flexibility index (Phi) is 12.3. The van der Waals surface area contributed by atoms with Crippen LogP contribution in [-0.2, 0) is 33.8 Å². The monoisotopic (exact) mass is 659 g/mol. The number of thiophene rings is 1. The van der Waals surface area contributed by atoms with Gasteiger partial charge in [0.25, 0.3) is 0 Å². The fourth-order valence-corrected chi connectivity index (χ4v) is 5.05. The average Bonchev–Trinajstić information content (AvgIpc) is 3.46. The predicted octanol–water partition coefficient (Wildman–Crippen LogP) is 6.65. The molecule has 0 saturated carbocycles. The van der Waals surface area contributed by atoms with Gasteiger partial charge in [0.1, 0.15) is 23.1 Å². The lowest BCUT2D eigenvalue weighted by Crippen LogP contribution is -2.46. The molecular weight excluding hydrogens is 620 g/mol. The highest BCUT2D eigenvalue weighted by molar-refractivity contribution is 7.75. The minimum absolute atomic E-state index is 0.137. The van der Waals surface area contributed by atoms with Crippen LogP contribution in [0.3, 0.4) is 0 Å². The average molecular weight is 660 g/mol. The first-order valence-corrected chi connectivity index (χ1v) is 16.2. The van der Waals surface area contributed by atoms with E-state index in [9.17, 15) is 18.6 Å². The molecule has 0 fully saturated rings. The van der Waals surface area contributed by atoms with E-state index in [1.807, 2.05) is 17.5 Å². The van der Waals surface area contributed by atoms with Crippen LogP contribution < -0.4 is 16.0 Å². The highest BCUT2D eigenvalue weighted by Crippen LogP contribution is 2.31. The van der Waals surface area contributed by atoms with Crippen molar-refractivity contribution in [3.63, 3.8) is 0 Å². The van der Waals surface area contributed by atoms with Gasteiger partial charge in [-0.1, -0.05) is 23.1 Å². The van der Waals surface area contributed by atoms with E-state index in [1.165, 1.54) is 11.3 Å². The van der Waals surface area contributed by atoms with Gasteiger partial charge in [-0.05, 0) is 78.5 Å². The van der Waals surface area contributed by atoms with Gasteiger partial charge < -0.3 is 34.4 Å². The van der Waals surface area contributed by atoms with E-state index < -0.39 is 46.0 Å². The Balaban J connectivity index is 1.78. The fraction of sp³-hybridized carbons (Fsp3) is 0.433. The molecule has 0 radical (unpaired) electrons. The van der Waals surface area contributed by atoms with Crippen molar-refractivity contribution in [2.45, 2.75) is 77.0 Å². The predicted molar refractivity (Wildman–Crippen MR) is 173 cm³/mol. The molecule has 0 aliphatic carbocycles. The molecule has 3 rings (SSSR count). The number of carbonyl (C=O) groups is 3. The zero-order chi connectivity index (χ0) is 33.2. The molecule has 45 heavy (non-hydrogen) atoms. The topological polar surface area (TPSA) is 170 Å². The van der Waals surface area contributed by atoms with Crippen molar-refractivity contribution >= 4 is 57.5 Å². The van der Waals surface area contributed by atoms with Gasteiger partial charge >= 0.3 is 18.2 Å². The van der Waals surface area contributed by atoms with Crippen LogP contribution in [0.15, 0.2) is 57.2 Å². The van der Waals surface area contributed by atoms with Gasteiger partial charge in [-0.2, -0.15) is 4.98 Å². The first-order chi connectivity index (χ1) is 21.1. The molecule has 1 aromatic carbocycles. The van der Waals surface area contributed by atoms with Crippen LogP contribution in [0, 0.1) is 0 Å². The SMILES string of the molecule is CCOC(=O)N=[S-](=O)c1ccc(Nc2ncc(-c3cccs3)c(NCC[C@H](NC(=O)OC(C)(C)C)C(=O)OC(C)(C)C)n2)cc1. The van der Waals surface area contributed by atoms with Gasteiger partial charge in [0, 0.05) is 23.3 Å². The zero-order valence-corrected chi connectivity index (χ0v) is 28.0. The second kappa shape index (κ2) is 15.7. The number of nitrogens with one attached hydrogen (secondary N) is 3. The van der Waals surface area contributed by atoms with E-state index in [-0.39, 0.29) is 25.5 Å². The van der Waals surface area contributed by atoms with Crippen molar-refractivity contribution in [1.82, 2.24) is 15.3 Å². The first-order valence-electron chi connectivity index (χ1n) is 14.2. The number of esters is 1. The second-order valence-electron chi connectivity index (χ2n) is 11.6. The lowest BCUT2D eigenvalue weighted by molar-refractivity contribution is -0.157. The largest absolute Gasteiger partial charge is 0.458 e. The number of carbonyl (C=O) groups excluding carboxylic acids is 3. The van der Waals surface area contributed by atoms with Crippen LogP contribution in [0.1, 0.15) is 54.9 Å². The molecule has 0 saturated heterocycles. The maximum absolute atomic E-state index is 13.0. The Morgan fingerprint density at radius 3 is 2.31 bits per heavy atom. The first kappa shape index (κ1) is 35.2. The Morgan fingerprint density at radius 2 is 1.71 bits per heavy atom. The third kappa shape index (κ3) is 12.0. The van der Waals surface area contributed by atoms with Crippen molar-refractivity contribution in [2.24, 2.45) is 4.36 Å². The lowest BCUT2D eigenvalue weighted by atomic mass is 10.1. The number of nitrogens with zero attached hydrogens (tertiary/aromatic N) is 3. The number of amides is 2.